The minimum atomic E-state index is 0.571. The highest BCUT2D eigenvalue weighted by Crippen LogP contribution is 2.41. The third kappa shape index (κ3) is 3.52. The quantitative estimate of drug-likeness (QED) is 0.606. The number of halogens is 1. The second kappa shape index (κ2) is 6.50. The summed E-state index contributed by atoms with van der Waals surface area (Å²) in [6.07, 6.45) is 18.4. The Morgan fingerprint density at radius 2 is 1.41 bits per heavy atom. The Morgan fingerprint density at radius 1 is 0.882 bits per heavy atom. The van der Waals surface area contributed by atoms with Crippen molar-refractivity contribution in [1.82, 2.24) is 0 Å². The van der Waals surface area contributed by atoms with Crippen molar-refractivity contribution in [1.29, 1.82) is 0 Å². The van der Waals surface area contributed by atoms with Crippen molar-refractivity contribution in [3.63, 3.8) is 0 Å². The van der Waals surface area contributed by atoms with Crippen molar-refractivity contribution < 1.29 is 0 Å². The predicted molar refractivity (Wildman–Crippen MR) is 74.7 cm³/mol. The zero-order valence-electron chi connectivity index (χ0n) is 10.6. The highest BCUT2D eigenvalue weighted by Gasteiger charge is 2.29. The highest BCUT2D eigenvalue weighted by molar-refractivity contribution is 6.25. The van der Waals surface area contributed by atoms with Crippen LogP contribution in [-0.4, -0.2) is 0 Å². The fourth-order valence-electron chi connectivity index (χ4n) is 3.67. The van der Waals surface area contributed by atoms with Crippen LogP contribution in [-0.2, 0) is 0 Å². The molecule has 0 bridgehead atoms. The van der Waals surface area contributed by atoms with E-state index >= 15 is 0 Å². The average molecular weight is 251 g/mol. The Hall–Kier alpha value is -0.410. The zero-order valence-corrected chi connectivity index (χ0v) is 11.3. The van der Waals surface area contributed by atoms with E-state index in [-0.39, 0.29) is 0 Å². The molecular formula is C16H23Cl. The molecule has 0 saturated heterocycles. The molecule has 2 saturated carbocycles. The highest BCUT2D eigenvalue weighted by atomic mass is 35.5. The van der Waals surface area contributed by atoms with E-state index in [1.165, 1.54) is 51.4 Å². The van der Waals surface area contributed by atoms with E-state index in [9.17, 15) is 0 Å². The Bertz CT molecular complexity index is 283. The Kier molecular flexibility index (Phi) is 4.99. The van der Waals surface area contributed by atoms with Crippen LogP contribution in [0.3, 0.4) is 0 Å². The summed E-state index contributed by atoms with van der Waals surface area (Å²) >= 11 is 5.65. The molecule has 0 nitrogen and oxygen atoms in total. The molecule has 0 heterocycles. The van der Waals surface area contributed by atoms with E-state index in [1.807, 2.05) is 0 Å². The molecule has 0 unspecified atom stereocenters. The van der Waals surface area contributed by atoms with Gasteiger partial charge in [-0.25, -0.2) is 0 Å². The van der Waals surface area contributed by atoms with Crippen LogP contribution in [0.2, 0.25) is 0 Å². The van der Waals surface area contributed by atoms with E-state index in [0.717, 1.165) is 17.8 Å². The minimum Gasteiger partial charge on any atom is -0.120 e. The van der Waals surface area contributed by atoms with Crippen molar-refractivity contribution in [3.8, 4) is 12.3 Å². The molecule has 2 rings (SSSR count). The van der Waals surface area contributed by atoms with Gasteiger partial charge in [0, 0.05) is 11.5 Å². The van der Waals surface area contributed by atoms with Crippen LogP contribution in [0.25, 0.3) is 0 Å². The largest absolute Gasteiger partial charge is 0.120 e. The molecule has 2 aliphatic rings. The molecule has 0 N–H and O–H groups in total. The van der Waals surface area contributed by atoms with Gasteiger partial charge in [-0.15, -0.1) is 12.3 Å². The van der Waals surface area contributed by atoms with Crippen LogP contribution >= 0.6 is 11.6 Å². The smallest absolute Gasteiger partial charge is 0.0200 e. The number of terminal acetylenes is 1. The van der Waals surface area contributed by atoms with E-state index in [2.05, 4.69) is 12.0 Å². The maximum atomic E-state index is 5.65. The average Bonchev–Trinajstić information content (AvgIpc) is 2.40. The normalized spacial score (nSPS) is 39.1. The maximum Gasteiger partial charge on any atom is 0.0200 e. The maximum absolute atomic E-state index is 5.65. The standard InChI is InChI=1S/C16H23Cl/c1-2-13-3-7-15(8-4-13)16-9-5-14(6-10-16)11-12-17/h1,11-16H,3-10H2. The van der Waals surface area contributed by atoms with E-state index in [1.54, 1.807) is 5.54 Å². The molecule has 2 aliphatic carbocycles. The van der Waals surface area contributed by atoms with Crippen LogP contribution in [0.5, 0.6) is 0 Å². The number of hydrogen-bond acceptors (Lipinski definition) is 0. The molecule has 17 heavy (non-hydrogen) atoms. The summed E-state index contributed by atoms with van der Waals surface area (Å²) in [5.41, 5.74) is 1.70. The van der Waals surface area contributed by atoms with Crippen LogP contribution in [0, 0.1) is 36.0 Å². The fourth-order valence-corrected chi connectivity index (χ4v) is 3.87. The van der Waals surface area contributed by atoms with E-state index < -0.39 is 0 Å². The predicted octanol–water partition coefficient (Wildman–Crippen LogP) is 4.98. The lowest BCUT2D eigenvalue weighted by atomic mass is 9.69. The van der Waals surface area contributed by atoms with Gasteiger partial charge in [0.05, 0.1) is 0 Å². The zero-order chi connectivity index (χ0) is 12.1. The SMILES string of the molecule is C#CC1CCC(C2CCC(C=CCl)CC2)CC1. The molecule has 0 atom stereocenters. The molecular weight excluding hydrogens is 228 g/mol. The summed E-state index contributed by atoms with van der Waals surface area (Å²) in [5.74, 6) is 6.17. The van der Waals surface area contributed by atoms with Crippen LogP contribution in [0.4, 0.5) is 0 Å². The number of hydrogen-bond donors (Lipinski definition) is 0. The molecule has 0 aromatic heterocycles. The van der Waals surface area contributed by atoms with E-state index in [0.29, 0.717) is 5.92 Å². The molecule has 0 aromatic rings. The van der Waals surface area contributed by atoms with Gasteiger partial charge in [-0.3, -0.25) is 0 Å². The van der Waals surface area contributed by atoms with Gasteiger partial charge in [-0.1, -0.05) is 17.7 Å². The van der Waals surface area contributed by atoms with Crippen LogP contribution < -0.4 is 0 Å². The van der Waals surface area contributed by atoms with E-state index in [4.69, 9.17) is 18.0 Å². The molecule has 94 valence electrons. The first-order valence-electron chi connectivity index (χ1n) is 7.06. The topological polar surface area (TPSA) is 0 Å². The second-order valence-corrected chi connectivity index (χ2v) is 6.02. The summed E-state index contributed by atoms with van der Waals surface area (Å²) in [7, 11) is 0. The second-order valence-electron chi connectivity index (χ2n) is 5.77. The van der Waals surface area contributed by atoms with Crippen LogP contribution in [0.15, 0.2) is 11.6 Å². The van der Waals surface area contributed by atoms with Gasteiger partial charge in [0.25, 0.3) is 0 Å². The third-order valence-electron chi connectivity index (χ3n) is 4.84. The number of rotatable bonds is 2. The third-order valence-corrected chi connectivity index (χ3v) is 4.98. The lowest BCUT2D eigenvalue weighted by molar-refractivity contribution is 0.168. The molecule has 0 amide bonds. The fraction of sp³-hybridized carbons (Fsp3) is 0.750. The van der Waals surface area contributed by atoms with Crippen molar-refractivity contribution in [3.05, 3.63) is 11.6 Å². The Morgan fingerprint density at radius 3 is 1.88 bits per heavy atom. The monoisotopic (exact) mass is 250 g/mol. The van der Waals surface area contributed by atoms with Crippen LogP contribution in [0.1, 0.15) is 51.4 Å². The number of allylic oxidation sites excluding steroid dienone is 1. The van der Waals surface area contributed by atoms with Crippen molar-refractivity contribution >= 4 is 11.6 Å². The molecule has 0 aromatic carbocycles. The van der Waals surface area contributed by atoms with Gasteiger partial charge in [-0.05, 0) is 69.1 Å². The molecule has 0 radical (unpaired) electrons. The first-order valence-corrected chi connectivity index (χ1v) is 7.50. The Balaban J connectivity index is 1.76. The van der Waals surface area contributed by atoms with Gasteiger partial charge in [0.2, 0.25) is 0 Å². The van der Waals surface area contributed by atoms with Gasteiger partial charge in [0.1, 0.15) is 0 Å². The summed E-state index contributed by atoms with van der Waals surface area (Å²) in [6, 6.07) is 0. The van der Waals surface area contributed by atoms with Gasteiger partial charge in [-0.2, -0.15) is 0 Å². The minimum absolute atomic E-state index is 0.571. The molecule has 2 fully saturated rings. The summed E-state index contributed by atoms with van der Waals surface area (Å²) in [5, 5.41) is 0. The van der Waals surface area contributed by atoms with Crippen molar-refractivity contribution in [2.45, 2.75) is 51.4 Å². The summed E-state index contributed by atoms with van der Waals surface area (Å²) in [4.78, 5) is 0. The first-order chi connectivity index (χ1) is 8.33. The molecule has 0 aliphatic heterocycles. The molecule has 0 spiro atoms. The summed E-state index contributed by atoms with van der Waals surface area (Å²) < 4.78 is 0. The molecule has 1 heteroatoms. The van der Waals surface area contributed by atoms with Gasteiger partial charge >= 0.3 is 0 Å². The van der Waals surface area contributed by atoms with Crippen molar-refractivity contribution in [2.75, 3.05) is 0 Å². The van der Waals surface area contributed by atoms with Gasteiger partial charge in [0.15, 0.2) is 0 Å². The lowest BCUT2D eigenvalue weighted by Crippen LogP contribution is -2.25. The van der Waals surface area contributed by atoms with Crippen molar-refractivity contribution in [2.24, 2.45) is 23.7 Å². The lowest BCUT2D eigenvalue weighted by Gasteiger charge is -2.36. The summed E-state index contributed by atoms with van der Waals surface area (Å²) in [6.45, 7) is 0. The first kappa shape index (κ1) is 13.0. The Labute approximate surface area is 111 Å². The van der Waals surface area contributed by atoms with Gasteiger partial charge < -0.3 is 0 Å².